The Kier molecular flexibility index (Phi) is 6.67. The van der Waals surface area contributed by atoms with Crippen LogP contribution in [0.1, 0.15) is 11.1 Å². The molecule has 0 saturated carbocycles. The maximum Gasteiger partial charge on any atom is 0.267 e. The molecule has 1 N–H and O–H groups in total. The van der Waals surface area contributed by atoms with E-state index in [-0.39, 0.29) is 17.2 Å². The van der Waals surface area contributed by atoms with E-state index < -0.39 is 0 Å². The number of rotatable bonds is 7. The molecule has 0 radical (unpaired) electrons. The first kappa shape index (κ1) is 22.9. The third-order valence-corrected chi connectivity index (χ3v) is 6.48. The predicted molar refractivity (Wildman–Crippen MR) is 135 cm³/mol. The molecule has 8 nitrogen and oxygen atoms in total. The van der Waals surface area contributed by atoms with Gasteiger partial charge < -0.3 is 14.8 Å². The van der Waals surface area contributed by atoms with Gasteiger partial charge in [0.05, 0.1) is 16.7 Å². The normalized spacial score (nSPS) is 12.5. The molecule has 4 aromatic rings. The number of hydrogen-bond donors (Lipinski definition) is 1. The average Bonchev–Trinajstić information content (AvgIpc) is 2.88. The minimum atomic E-state index is -0.214. The molecule has 0 fully saturated rings. The van der Waals surface area contributed by atoms with Gasteiger partial charge in [-0.05, 0) is 54.8 Å². The maximum absolute atomic E-state index is 13.3. The van der Waals surface area contributed by atoms with E-state index in [0.29, 0.717) is 48.1 Å². The Morgan fingerprint density at radius 1 is 1.09 bits per heavy atom. The van der Waals surface area contributed by atoms with E-state index in [1.807, 2.05) is 37.3 Å². The monoisotopic (exact) mass is 488 g/mol. The number of thioether (sulfide) groups is 1. The van der Waals surface area contributed by atoms with Crippen LogP contribution < -0.4 is 20.3 Å². The number of hydrogen-bond acceptors (Lipinski definition) is 7. The molecule has 0 bridgehead atoms. The highest BCUT2D eigenvalue weighted by molar-refractivity contribution is 7.99. The lowest BCUT2D eigenvalue weighted by Crippen LogP contribution is -2.28. The van der Waals surface area contributed by atoms with Gasteiger partial charge in [-0.3, -0.25) is 9.59 Å². The smallest absolute Gasteiger partial charge is 0.267 e. The van der Waals surface area contributed by atoms with Gasteiger partial charge in [-0.15, -0.1) is 0 Å². The zero-order valence-corrected chi connectivity index (χ0v) is 20.0. The molecule has 5 rings (SSSR count). The molecule has 2 aromatic heterocycles. The van der Waals surface area contributed by atoms with E-state index in [1.54, 1.807) is 30.5 Å². The van der Waals surface area contributed by atoms with Crippen LogP contribution in [0.2, 0.25) is 0 Å². The van der Waals surface area contributed by atoms with Crippen molar-refractivity contribution in [3.05, 3.63) is 82.3 Å². The van der Waals surface area contributed by atoms with Crippen LogP contribution in [0.25, 0.3) is 16.7 Å². The molecule has 0 spiro atoms. The molecular weight excluding hydrogens is 464 g/mol. The summed E-state index contributed by atoms with van der Waals surface area (Å²) in [6, 6.07) is 16.7. The molecular formula is C26H24N4O4S. The number of benzene rings is 2. The second-order valence-electron chi connectivity index (χ2n) is 8.11. The highest BCUT2D eigenvalue weighted by Crippen LogP contribution is 2.30. The van der Waals surface area contributed by atoms with E-state index in [4.69, 9.17) is 9.47 Å². The largest absolute Gasteiger partial charge is 0.486 e. The minimum Gasteiger partial charge on any atom is -0.486 e. The topological polar surface area (TPSA) is 95.3 Å². The van der Waals surface area contributed by atoms with Crippen LogP contribution in [0.5, 0.6) is 11.5 Å². The predicted octanol–water partition coefficient (Wildman–Crippen LogP) is 3.31. The van der Waals surface area contributed by atoms with Crippen molar-refractivity contribution < 1.29 is 14.3 Å². The SMILES string of the molecule is Cc1ccc(-n2c(SCC(=O)NCCc3ccc4c(c3)OCCO4)nc3ccccc3c2=O)nc1. The van der Waals surface area contributed by atoms with Gasteiger partial charge in [0, 0.05) is 12.7 Å². The lowest BCUT2D eigenvalue weighted by Gasteiger charge is -2.18. The minimum absolute atomic E-state index is 0.123. The van der Waals surface area contributed by atoms with Crippen LogP contribution in [-0.2, 0) is 11.2 Å². The zero-order valence-electron chi connectivity index (χ0n) is 19.2. The number of nitrogens with zero attached hydrogens (tertiary/aromatic N) is 3. The van der Waals surface area contributed by atoms with Gasteiger partial charge in [-0.1, -0.05) is 36.0 Å². The summed E-state index contributed by atoms with van der Waals surface area (Å²) in [7, 11) is 0. The number of carbonyl (C=O) groups is 1. The first-order chi connectivity index (χ1) is 17.1. The average molecular weight is 489 g/mol. The van der Waals surface area contributed by atoms with E-state index >= 15 is 0 Å². The Labute approximate surface area is 206 Å². The van der Waals surface area contributed by atoms with Crippen molar-refractivity contribution >= 4 is 28.6 Å². The summed E-state index contributed by atoms with van der Waals surface area (Å²) in [5, 5.41) is 3.86. The summed E-state index contributed by atoms with van der Waals surface area (Å²) in [6.45, 7) is 3.51. The van der Waals surface area contributed by atoms with Crippen molar-refractivity contribution in [2.45, 2.75) is 18.5 Å². The molecule has 0 atom stereocenters. The number of aromatic nitrogens is 3. The van der Waals surface area contributed by atoms with Crippen molar-refractivity contribution in [2.24, 2.45) is 0 Å². The molecule has 9 heteroatoms. The van der Waals surface area contributed by atoms with Gasteiger partial charge in [0.25, 0.3) is 5.56 Å². The van der Waals surface area contributed by atoms with Gasteiger partial charge in [0.1, 0.15) is 19.0 Å². The zero-order chi connectivity index (χ0) is 24.2. The second kappa shape index (κ2) is 10.2. The van der Waals surface area contributed by atoms with Gasteiger partial charge in [-0.2, -0.15) is 0 Å². The van der Waals surface area contributed by atoms with Gasteiger partial charge in [0.2, 0.25) is 5.91 Å². The quantitative estimate of drug-likeness (QED) is 0.315. The Morgan fingerprint density at radius 3 is 2.74 bits per heavy atom. The van der Waals surface area contributed by atoms with Gasteiger partial charge in [-0.25, -0.2) is 14.5 Å². The third kappa shape index (κ3) is 5.14. The van der Waals surface area contributed by atoms with E-state index in [0.717, 1.165) is 22.6 Å². The van der Waals surface area contributed by atoms with E-state index in [1.165, 1.54) is 16.3 Å². The highest BCUT2D eigenvalue weighted by atomic mass is 32.2. The Morgan fingerprint density at radius 2 is 1.91 bits per heavy atom. The molecule has 3 heterocycles. The van der Waals surface area contributed by atoms with Gasteiger partial charge in [0.15, 0.2) is 16.7 Å². The standard InChI is InChI=1S/C26H24N4O4S/c1-17-6-9-23(28-15-17)30-25(32)19-4-2-3-5-20(19)29-26(30)35-16-24(31)27-11-10-18-7-8-21-22(14-18)34-13-12-33-21/h2-9,14-15H,10-13,16H2,1H3,(H,27,31). The van der Waals surface area contributed by atoms with Crippen molar-refractivity contribution in [1.82, 2.24) is 19.9 Å². The number of aryl methyl sites for hydroxylation is 1. The van der Waals surface area contributed by atoms with Crippen molar-refractivity contribution in [3.63, 3.8) is 0 Å². The van der Waals surface area contributed by atoms with E-state index in [9.17, 15) is 9.59 Å². The molecule has 0 saturated heterocycles. The summed E-state index contributed by atoms with van der Waals surface area (Å²) in [4.78, 5) is 34.9. The number of nitrogens with one attached hydrogen (secondary N) is 1. The Balaban J connectivity index is 1.27. The number of ether oxygens (including phenoxy) is 2. The summed E-state index contributed by atoms with van der Waals surface area (Å²) >= 11 is 1.21. The fourth-order valence-corrected chi connectivity index (χ4v) is 4.60. The first-order valence-corrected chi connectivity index (χ1v) is 12.3. The van der Waals surface area contributed by atoms with Crippen LogP contribution in [0.4, 0.5) is 0 Å². The molecule has 2 aromatic carbocycles. The lowest BCUT2D eigenvalue weighted by molar-refractivity contribution is -0.118. The van der Waals surface area contributed by atoms with Crippen LogP contribution in [0, 0.1) is 6.92 Å². The summed E-state index contributed by atoms with van der Waals surface area (Å²) in [5.41, 5.74) is 2.41. The molecule has 1 amide bonds. The maximum atomic E-state index is 13.3. The number of para-hydroxylation sites is 1. The molecule has 0 aliphatic carbocycles. The fourth-order valence-electron chi connectivity index (χ4n) is 3.77. The van der Waals surface area contributed by atoms with Crippen molar-refractivity contribution in [1.29, 1.82) is 0 Å². The van der Waals surface area contributed by atoms with Crippen molar-refractivity contribution in [3.8, 4) is 17.3 Å². The molecule has 1 aliphatic heterocycles. The molecule has 178 valence electrons. The van der Waals surface area contributed by atoms with Crippen LogP contribution >= 0.6 is 11.8 Å². The third-order valence-electron chi connectivity index (χ3n) is 5.54. The highest BCUT2D eigenvalue weighted by Gasteiger charge is 2.16. The van der Waals surface area contributed by atoms with Crippen LogP contribution in [0.15, 0.2) is 70.7 Å². The molecule has 35 heavy (non-hydrogen) atoms. The first-order valence-electron chi connectivity index (χ1n) is 11.3. The summed E-state index contributed by atoms with van der Waals surface area (Å²) < 4.78 is 12.6. The van der Waals surface area contributed by atoms with Crippen LogP contribution in [-0.4, -0.2) is 46.0 Å². The van der Waals surface area contributed by atoms with Crippen LogP contribution in [0.3, 0.4) is 0 Å². The summed E-state index contributed by atoms with van der Waals surface area (Å²) in [5.74, 6) is 1.94. The van der Waals surface area contributed by atoms with E-state index in [2.05, 4.69) is 15.3 Å². The number of fused-ring (bicyclic) bond motifs is 2. The Hall–Kier alpha value is -3.85. The Bertz CT molecular complexity index is 1440. The number of amides is 1. The second-order valence-corrected chi connectivity index (χ2v) is 9.05. The van der Waals surface area contributed by atoms with Gasteiger partial charge >= 0.3 is 0 Å². The number of carbonyl (C=O) groups excluding carboxylic acids is 1. The molecule has 0 unspecified atom stereocenters. The summed E-state index contributed by atoms with van der Waals surface area (Å²) in [6.07, 6.45) is 2.37. The fraction of sp³-hybridized carbons (Fsp3) is 0.231. The van der Waals surface area contributed by atoms with Crippen molar-refractivity contribution in [2.75, 3.05) is 25.5 Å². The number of pyridine rings is 1. The molecule has 1 aliphatic rings. The lowest BCUT2D eigenvalue weighted by atomic mass is 10.1.